The van der Waals surface area contributed by atoms with Crippen LogP contribution in [0, 0.1) is 6.92 Å². The van der Waals surface area contributed by atoms with Crippen molar-refractivity contribution in [2.24, 2.45) is 0 Å². The van der Waals surface area contributed by atoms with Crippen LogP contribution in [0.25, 0.3) is 0 Å². The van der Waals surface area contributed by atoms with Crippen LogP contribution >= 0.6 is 0 Å². The van der Waals surface area contributed by atoms with Crippen LogP contribution in [0.15, 0.2) is 24.4 Å². The van der Waals surface area contributed by atoms with Gasteiger partial charge in [-0.25, -0.2) is 0 Å². The summed E-state index contributed by atoms with van der Waals surface area (Å²) in [5.41, 5.74) is 1.07. The first-order valence-electron chi connectivity index (χ1n) is 3.89. The van der Waals surface area contributed by atoms with Gasteiger partial charge in [0.25, 0.3) is 0 Å². The minimum absolute atomic E-state index is 0.819. The molecule has 0 amide bonds. The van der Waals surface area contributed by atoms with Gasteiger partial charge in [0.15, 0.2) is 0 Å². The second kappa shape index (κ2) is 7.32. The summed E-state index contributed by atoms with van der Waals surface area (Å²) in [6, 6.07) is 5.86. The highest BCUT2D eigenvalue weighted by Gasteiger charge is 1.73. The van der Waals surface area contributed by atoms with Crippen LogP contribution in [-0.2, 0) is 0 Å². The summed E-state index contributed by atoms with van der Waals surface area (Å²) in [6.07, 6.45) is 3.70. The molecule has 1 nitrogen and oxygen atoms in total. The molecule has 0 bridgehead atoms. The molecule has 0 atom stereocenters. The SMILES string of the molecule is Cc1ccccn1.[B]CCC. The van der Waals surface area contributed by atoms with Crippen molar-refractivity contribution in [3.63, 3.8) is 0 Å². The van der Waals surface area contributed by atoms with Crippen molar-refractivity contribution >= 4 is 7.85 Å². The Labute approximate surface area is 70.3 Å². The zero-order valence-electron chi connectivity index (χ0n) is 7.25. The quantitative estimate of drug-likeness (QED) is 0.555. The van der Waals surface area contributed by atoms with Gasteiger partial charge in [0, 0.05) is 11.9 Å². The molecule has 0 unspecified atom stereocenters. The second-order valence-electron chi connectivity index (χ2n) is 2.26. The highest BCUT2D eigenvalue weighted by Crippen LogP contribution is 1.86. The molecule has 0 spiro atoms. The Morgan fingerprint density at radius 3 is 2.27 bits per heavy atom. The van der Waals surface area contributed by atoms with E-state index in [0.29, 0.717) is 0 Å². The average molecular weight is 147 g/mol. The van der Waals surface area contributed by atoms with Gasteiger partial charge >= 0.3 is 0 Å². The summed E-state index contributed by atoms with van der Waals surface area (Å²) < 4.78 is 0. The summed E-state index contributed by atoms with van der Waals surface area (Å²) in [6.45, 7) is 4.03. The first-order valence-corrected chi connectivity index (χ1v) is 3.89. The van der Waals surface area contributed by atoms with E-state index in [4.69, 9.17) is 7.85 Å². The van der Waals surface area contributed by atoms with Crippen LogP contribution in [0.4, 0.5) is 0 Å². The maximum atomic E-state index is 5.03. The van der Waals surface area contributed by atoms with Crippen LogP contribution in [0.1, 0.15) is 19.0 Å². The van der Waals surface area contributed by atoms with E-state index in [1.165, 1.54) is 0 Å². The van der Waals surface area contributed by atoms with E-state index in [1.807, 2.05) is 25.1 Å². The molecule has 2 radical (unpaired) electrons. The van der Waals surface area contributed by atoms with Crippen LogP contribution in [-0.4, -0.2) is 12.8 Å². The smallest absolute Gasteiger partial charge is 0.0652 e. The van der Waals surface area contributed by atoms with Crippen molar-refractivity contribution in [3.8, 4) is 0 Å². The Morgan fingerprint density at radius 1 is 1.45 bits per heavy atom. The number of aryl methyl sites for hydroxylation is 1. The van der Waals surface area contributed by atoms with Crippen molar-refractivity contribution in [1.29, 1.82) is 0 Å². The highest BCUT2D eigenvalue weighted by molar-refractivity contribution is 6.08. The first-order chi connectivity index (χ1) is 5.31. The maximum absolute atomic E-state index is 5.03. The minimum atomic E-state index is 0.819. The molecule has 0 saturated carbocycles. The van der Waals surface area contributed by atoms with E-state index in [1.54, 1.807) is 6.20 Å². The highest BCUT2D eigenvalue weighted by atomic mass is 14.6. The van der Waals surface area contributed by atoms with Gasteiger partial charge in [-0.2, -0.15) is 0 Å². The molecule has 0 N–H and O–H groups in total. The largest absolute Gasteiger partial charge is 0.262 e. The van der Waals surface area contributed by atoms with Crippen molar-refractivity contribution in [2.75, 3.05) is 0 Å². The Hall–Kier alpha value is -0.785. The van der Waals surface area contributed by atoms with Crippen molar-refractivity contribution in [1.82, 2.24) is 4.98 Å². The van der Waals surface area contributed by atoms with Gasteiger partial charge in [0.1, 0.15) is 0 Å². The predicted octanol–water partition coefficient (Wildman–Crippen LogP) is 2.37. The predicted molar refractivity (Wildman–Crippen MR) is 49.8 cm³/mol. The van der Waals surface area contributed by atoms with Crippen molar-refractivity contribution < 1.29 is 0 Å². The number of hydrogen-bond donors (Lipinski definition) is 0. The summed E-state index contributed by atoms with van der Waals surface area (Å²) in [4.78, 5) is 3.98. The zero-order valence-corrected chi connectivity index (χ0v) is 7.25. The van der Waals surface area contributed by atoms with E-state index in [0.717, 1.165) is 18.4 Å². The second-order valence-corrected chi connectivity index (χ2v) is 2.26. The number of hydrogen-bond acceptors (Lipinski definition) is 1. The van der Waals surface area contributed by atoms with Gasteiger partial charge in [-0.05, 0) is 19.1 Å². The summed E-state index contributed by atoms with van der Waals surface area (Å²) in [5.74, 6) is 0. The van der Waals surface area contributed by atoms with Gasteiger partial charge in [-0.1, -0.05) is 25.7 Å². The molecule has 1 heterocycles. The van der Waals surface area contributed by atoms with Gasteiger partial charge < -0.3 is 0 Å². The minimum Gasteiger partial charge on any atom is -0.262 e. The zero-order chi connectivity index (χ0) is 8.53. The fraction of sp³-hybridized carbons (Fsp3) is 0.444. The maximum Gasteiger partial charge on any atom is 0.0652 e. The Balaban J connectivity index is 0.000000218. The lowest BCUT2D eigenvalue weighted by molar-refractivity contribution is 1.08. The number of aromatic nitrogens is 1. The van der Waals surface area contributed by atoms with E-state index in [2.05, 4.69) is 11.9 Å². The number of pyridine rings is 1. The molecule has 58 valence electrons. The molecule has 1 aromatic rings. The molecular formula is C9H14BN. The summed E-state index contributed by atoms with van der Waals surface area (Å²) in [5, 5.41) is 0. The molecule has 1 aromatic heterocycles. The number of rotatable bonds is 1. The fourth-order valence-electron chi connectivity index (χ4n) is 0.448. The molecule has 2 heteroatoms. The van der Waals surface area contributed by atoms with Gasteiger partial charge in [-0.15, -0.1) is 0 Å². The first kappa shape index (κ1) is 10.2. The molecule has 0 aliphatic heterocycles. The third-order valence-corrected chi connectivity index (χ3v) is 1.10. The third kappa shape index (κ3) is 7.11. The van der Waals surface area contributed by atoms with E-state index >= 15 is 0 Å². The lowest BCUT2D eigenvalue weighted by Crippen LogP contribution is -1.72. The molecule has 0 aliphatic carbocycles. The monoisotopic (exact) mass is 147 g/mol. The summed E-state index contributed by atoms with van der Waals surface area (Å²) >= 11 is 0. The van der Waals surface area contributed by atoms with Gasteiger partial charge in [-0.3, -0.25) is 4.98 Å². The topological polar surface area (TPSA) is 12.9 Å². The van der Waals surface area contributed by atoms with Crippen LogP contribution < -0.4 is 0 Å². The van der Waals surface area contributed by atoms with E-state index in [9.17, 15) is 0 Å². The Morgan fingerprint density at radius 2 is 2.09 bits per heavy atom. The van der Waals surface area contributed by atoms with Crippen LogP contribution in [0.2, 0.25) is 6.32 Å². The van der Waals surface area contributed by atoms with Gasteiger partial charge in [0.05, 0.1) is 7.85 Å². The molecule has 0 aromatic carbocycles. The average Bonchev–Trinajstić information content (AvgIpc) is 2.07. The third-order valence-electron chi connectivity index (χ3n) is 1.10. The lowest BCUT2D eigenvalue weighted by atomic mass is 10.0. The van der Waals surface area contributed by atoms with Crippen LogP contribution in [0.3, 0.4) is 0 Å². The standard InChI is InChI=1S/C6H7N.C3H7B/c1-6-4-2-3-5-7-6;1-2-3-4/h2-5H,1H3;2-3H2,1H3. The molecule has 1 rings (SSSR count). The fourth-order valence-corrected chi connectivity index (χ4v) is 0.448. The summed E-state index contributed by atoms with van der Waals surface area (Å²) in [7, 11) is 5.03. The molecule has 11 heavy (non-hydrogen) atoms. The van der Waals surface area contributed by atoms with Crippen molar-refractivity contribution in [2.45, 2.75) is 26.6 Å². The Kier molecular flexibility index (Phi) is 6.80. The van der Waals surface area contributed by atoms with Crippen molar-refractivity contribution in [3.05, 3.63) is 30.1 Å². The molecular weight excluding hydrogens is 133 g/mol. The molecule has 0 fully saturated rings. The van der Waals surface area contributed by atoms with Crippen LogP contribution in [0.5, 0.6) is 0 Å². The lowest BCUT2D eigenvalue weighted by Gasteiger charge is -1.82. The van der Waals surface area contributed by atoms with E-state index < -0.39 is 0 Å². The molecule has 0 aliphatic rings. The number of nitrogens with zero attached hydrogens (tertiary/aromatic N) is 1. The van der Waals surface area contributed by atoms with E-state index in [-0.39, 0.29) is 0 Å². The normalized spacial score (nSPS) is 8.18. The molecule has 0 saturated heterocycles. The van der Waals surface area contributed by atoms with Gasteiger partial charge in [0.2, 0.25) is 0 Å². The Bertz CT molecular complexity index is 160.